The highest BCUT2D eigenvalue weighted by atomic mass is 35.5. The number of carbonyl (C=O) groups excluding carboxylic acids is 1. The van der Waals surface area contributed by atoms with E-state index in [4.69, 9.17) is 21.1 Å². The van der Waals surface area contributed by atoms with Crippen LogP contribution in [0, 0.1) is 6.92 Å². The molecule has 4 nitrogen and oxygen atoms in total. The van der Waals surface area contributed by atoms with Gasteiger partial charge in [-0.3, -0.25) is 4.79 Å². The largest absolute Gasteiger partial charge is 0.497 e. The van der Waals surface area contributed by atoms with Gasteiger partial charge in [0.1, 0.15) is 16.4 Å². The molecule has 124 valence electrons. The van der Waals surface area contributed by atoms with Gasteiger partial charge in [-0.1, -0.05) is 23.7 Å². The lowest BCUT2D eigenvalue weighted by molar-refractivity contribution is 0.103. The van der Waals surface area contributed by atoms with Crippen LogP contribution in [0.3, 0.4) is 0 Å². The molecule has 0 saturated carbocycles. The van der Waals surface area contributed by atoms with Crippen LogP contribution in [0.4, 0.5) is 5.69 Å². The third-order valence-electron chi connectivity index (χ3n) is 3.73. The van der Waals surface area contributed by atoms with E-state index in [0.717, 1.165) is 15.6 Å². The summed E-state index contributed by atoms with van der Waals surface area (Å²) in [4.78, 5) is 13.2. The van der Waals surface area contributed by atoms with E-state index in [1.807, 2.05) is 25.1 Å². The fourth-order valence-electron chi connectivity index (χ4n) is 2.50. The van der Waals surface area contributed by atoms with Crippen molar-refractivity contribution in [2.75, 3.05) is 19.5 Å². The second-order valence-corrected chi connectivity index (χ2v) is 6.64. The Balaban J connectivity index is 1.96. The molecule has 1 aromatic heterocycles. The maximum Gasteiger partial charge on any atom is 0.267 e. The van der Waals surface area contributed by atoms with Crippen LogP contribution >= 0.6 is 22.9 Å². The fourth-order valence-corrected chi connectivity index (χ4v) is 4.08. The smallest absolute Gasteiger partial charge is 0.267 e. The number of aryl methyl sites for hydroxylation is 1. The lowest BCUT2D eigenvalue weighted by Gasteiger charge is -2.11. The molecular formula is C18H16ClNO3S. The van der Waals surface area contributed by atoms with E-state index in [2.05, 4.69) is 5.32 Å². The molecule has 3 rings (SSSR count). The lowest BCUT2D eigenvalue weighted by Crippen LogP contribution is -2.11. The van der Waals surface area contributed by atoms with E-state index in [9.17, 15) is 4.79 Å². The average molecular weight is 362 g/mol. The first-order valence-corrected chi connectivity index (χ1v) is 8.45. The van der Waals surface area contributed by atoms with Crippen LogP contribution in [-0.4, -0.2) is 20.1 Å². The Hall–Kier alpha value is -2.24. The number of amides is 1. The highest BCUT2D eigenvalue weighted by Gasteiger charge is 2.19. The molecule has 2 aromatic carbocycles. The van der Waals surface area contributed by atoms with Crippen LogP contribution in [0.15, 0.2) is 36.4 Å². The number of fused-ring (bicyclic) bond motifs is 1. The van der Waals surface area contributed by atoms with Crippen molar-refractivity contribution in [2.24, 2.45) is 0 Å². The number of rotatable bonds is 4. The van der Waals surface area contributed by atoms with Gasteiger partial charge in [-0.15, -0.1) is 11.3 Å². The summed E-state index contributed by atoms with van der Waals surface area (Å²) in [6.45, 7) is 1.98. The summed E-state index contributed by atoms with van der Waals surface area (Å²) < 4.78 is 11.5. The van der Waals surface area contributed by atoms with Crippen molar-refractivity contribution >= 4 is 44.6 Å². The third kappa shape index (κ3) is 2.92. The van der Waals surface area contributed by atoms with Gasteiger partial charge in [0.15, 0.2) is 0 Å². The van der Waals surface area contributed by atoms with Crippen LogP contribution < -0.4 is 14.8 Å². The van der Waals surface area contributed by atoms with Crippen molar-refractivity contribution in [1.82, 2.24) is 0 Å². The summed E-state index contributed by atoms with van der Waals surface area (Å²) in [5.74, 6) is 0.917. The minimum Gasteiger partial charge on any atom is -0.497 e. The number of thiophene rings is 1. The van der Waals surface area contributed by atoms with E-state index < -0.39 is 0 Å². The van der Waals surface area contributed by atoms with Gasteiger partial charge in [-0.2, -0.15) is 0 Å². The summed E-state index contributed by atoms with van der Waals surface area (Å²) in [7, 11) is 3.12. The summed E-state index contributed by atoms with van der Waals surface area (Å²) in [5, 5.41) is 4.27. The second-order valence-electron chi connectivity index (χ2n) is 5.21. The zero-order valence-corrected chi connectivity index (χ0v) is 15.0. The monoisotopic (exact) mass is 361 g/mol. The number of anilines is 1. The van der Waals surface area contributed by atoms with Crippen LogP contribution in [0.25, 0.3) is 10.1 Å². The van der Waals surface area contributed by atoms with Gasteiger partial charge in [0.2, 0.25) is 0 Å². The average Bonchev–Trinajstić information content (AvgIpc) is 2.93. The molecule has 6 heteroatoms. The number of hydrogen-bond acceptors (Lipinski definition) is 4. The minimum atomic E-state index is -0.260. The summed E-state index contributed by atoms with van der Waals surface area (Å²) in [6.07, 6.45) is 0. The molecule has 0 aliphatic carbocycles. The number of halogens is 1. The van der Waals surface area contributed by atoms with Crippen molar-refractivity contribution in [2.45, 2.75) is 6.92 Å². The Kier molecular flexibility index (Phi) is 4.64. The summed E-state index contributed by atoms with van der Waals surface area (Å²) in [5.41, 5.74) is 1.61. The van der Waals surface area contributed by atoms with Crippen LogP contribution in [0.1, 0.15) is 15.2 Å². The molecule has 0 aliphatic rings. The highest BCUT2D eigenvalue weighted by molar-refractivity contribution is 7.21. The van der Waals surface area contributed by atoms with E-state index in [0.29, 0.717) is 27.1 Å². The molecule has 3 aromatic rings. The van der Waals surface area contributed by atoms with Gasteiger partial charge in [-0.25, -0.2) is 0 Å². The number of methoxy groups -OCH3 is 2. The minimum absolute atomic E-state index is 0.260. The van der Waals surface area contributed by atoms with Crippen LogP contribution in [-0.2, 0) is 0 Å². The molecule has 0 saturated heterocycles. The van der Waals surface area contributed by atoms with Gasteiger partial charge in [0, 0.05) is 16.2 Å². The molecule has 0 unspecified atom stereocenters. The molecule has 0 radical (unpaired) electrons. The number of benzene rings is 2. The van der Waals surface area contributed by atoms with Crippen molar-refractivity contribution < 1.29 is 14.3 Å². The SMILES string of the molecule is COc1ccc(NC(=O)c2sc3cccc(C)c3c2Cl)c(OC)c1. The molecule has 0 fully saturated rings. The van der Waals surface area contributed by atoms with Gasteiger partial charge in [0.25, 0.3) is 5.91 Å². The van der Waals surface area contributed by atoms with Crippen molar-refractivity contribution in [1.29, 1.82) is 0 Å². The van der Waals surface area contributed by atoms with Crippen molar-refractivity contribution in [3.63, 3.8) is 0 Å². The van der Waals surface area contributed by atoms with E-state index in [1.54, 1.807) is 32.4 Å². The van der Waals surface area contributed by atoms with E-state index in [1.165, 1.54) is 11.3 Å². The highest BCUT2D eigenvalue weighted by Crippen LogP contribution is 2.38. The predicted molar refractivity (Wildman–Crippen MR) is 99.1 cm³/mol. The van der Waals surface area contributed by atoms with E-state index >= 15 is 0 Å². The van der Waals surface area contributed by atoms with Crippen molar-refractivity contribution in [3.05, 3.63) is 51.9 Å². The Bertz CT molecular complexity index is 920. The Morgan fingerprint density at radius 3 is 2.62 bits per heavy atom. The first-order chi connectivity index (χ1) is 11.5. The molecule has 1 amide bonds. The van der Waals surface area contributed by atoms with Crippen LogP contribution in [0.5, 0.6) is 11.5 Å². The predicted octanol–water partition coefficient (Wildman–Crippen LogP) is 5.13. The quantitative estimate of drug-likeness (QED) is 0.700. The number of ether oxygens (including phenoxy) is 2. The lowest BCUT2D eigenvalue weighted by atomic mass is 10.1. The first kappa shape index (κ1) is 16.6. The van der Waals surface area contributed by atoms with E-state index in [-0.39, 0.29) is 5.91 Å². The molecule has 0 spiro atoms. The third-order valence-corrected chi connectivity index (χ3v) is 5.37. The van der Waals surface area contributed by atoms with Gasteiger partial charge < -0.3 is 14.8 Å². The number of hydrogen-bond donors (Lipinski definition) is 1. The zero-order chi connectivity index (χ0) is 17.3. The molecule has 0 bridgehead atoms. The summed E-state index contributed by atoms with van der Waals surface area (Å²) >= 11 is 7.82. The maximum absolute atomic E-state index is 12.7. The normalized spacial score (nSPS) is 10.7. The topological polar surface area (TPSA) is 47.6 Å². The Morgan fingerprint density at radius 1 is 1.17 bits per heavy atom. The number of carbonyl (C=O) groups is 1. The fraction of sp³-hybridized carbons (Fsp3) is 0.167. The molecule has 24 heavy (non-hydrogen) atoms. The van der Waals surface area contributed by atoms with Gasteiger partial charge in [0.05, 0.1) is 24.9 Å². The standard InChI is InChI=1S/C18H16ClNO3S/c1-10-5-4-6-14-15(10)16(19)17(24-14)18(21)20-12-8-7-11(22-2)9-13(12)23-3/h4-9H,1-3H3,(H,20,21). The Labute approximate surface area is 149 Å². The molecule has 1 heterocycles. The Morgan fingerprint density at radius 2 is 1.96 bits per heavy atom. The first-order valence-electron chi connectivity index (χ1n) is 7.26. The summed E-state index contributed by atoms with van der Waals surface area (Å²) in [6, 6.07) is 11.1. The maximum atomic E-state index is 12.7. The number of nitrogens with one attached hydrogen (secondary N) is 1. The molecule has 1 N–H and O–H groups in total. The van der Waals surface area contributed by atoms with Crippen LogP contribution in [0.2, 0.25) is 5.02 Å². The molecule has 0 atom stereocenters. The molecular weight excluding hydrogens is 346 g/mol. The second kappa shape index (κ2) is 6.71. The molecule has 0 aliphatic heterocycles. The zero-order valence-electron chi connectivity index (χ0n) is 13.5. The van der Waals surface area contributed by atoms with Gasteiger partial charge in [-0.05, 0) is 30.7 Å². The van der Waals surface area contributed by atoms with Gasteiger partial charge >= 0.3 is 0 Å². The van der Waals surface area contributed by atoms with Crippen molar-refractivity contribution in [3.8, 4) is 11.5 Å².